The molecule has 1 fully saturated rings. The van der Waals surface area contributed by atoms with Crippen molar-refractivity contribution in [3.05, 3.63) is 17.5 Å². The monoisotopic (exact) mass is 223 g/mol. The molecule has 2 N–H and O–H groups in total. The Morgan fingerprint density at radius 2 is 2.44 bits per heavy atom. The number of aryl methyl sites for hydroxylation is 2. The van der Waals surface area contributed by atoms with Crippen molar-refractivity contribution in [2.45, 2.75) is 26.2 Å². The average Bonchev–Trinajstić information content (AvgIpc) is 2.59. The minimum Gasteiger partial charge on any atom is -0.396 e. The summed E-state index contributed by atoms with van der Waals surface area (Å²) in [5.41, 5.74) is 2.28. The molecule has 1 atom stereocenters. The third kappa shape index (κ3) is 2.28. The van der Waals surface area contributed by atoms with Crippen LogP contribution in [-0.4, -0.2) is 34.6 Å². The van der Waals surface area contributed by atoms with Crippen LogP contribution < -0.4 is 5.32 Å². The van der Waals surface area contributed by atoms with Crippen LogP contribution in [0.5, 0.6) is 0 Å². The summed E-state index contributed by atoms with van der Waals surface area (Å²) in [5.74, 6) is 0. The van der Waals surface area contributed by atoms with E-state index in [2.05, 4.69) is 16.5 Å². The Bertz CT molecular complexity index is 353. The van der Waals surface area contributed by atoms with Gasteiger partial charge in [-0.05, 0) is 38.8 Å². The number of hydrogen-bond donors (Lipinski definition) is 2. The molecule has 0 aliphatic carbocycles. The summed E-state index contributed by atoms with van der Waals surface area (Å²) in [4.78, 5) is 0. The van der Waals surface area contributed by atoms with Crippen molar-refractivity contribution in [1.82, 2.24) is 15.1 Å². The average molecular weight is 223 g/mol. The Morgan fingerprint density at radius 3 is 2.94 bits per heavy atom. The van der Waals surface area contributed by atoms with Crippen molar-refractivity contribution in [3.8, 4) is 0 Å². The van der Waals surface area contributed by atoms with E-state index in [-0.39, 0.29) is 12.0 Å². The molecule has 16 heavy (non-hydrogen) atoms. The predicted molar refractivity (Wildman–Crippen MR) is 63.3 cm³/mol. The Balaban J connectivity index is 2.14. The second-order valence-corrected chi connectivity index (χ2v) is 5.02. The number of aromatic nitrogens is 2. The van der Waals surface area contributed by atoms with Gasteiger partial charge in [0, 0.05) is 24.7 Å². The predicted octanol–water partition coefficient (Wildman–Crippen LogP) is 0.633. The van der Waals surface area contributed by atoms with Gasteiger partial charge >= 0.3 is 0 Å². The van der Waals surface area contributed by atoms with Gasteiger partial charge in [-0.25, -0.2) is 0 Å². The zero-order valence-corrected chi connectivity index (χ0v) is 10.2. The molecule has 1 unspecified atom stereocenters. The molecule has 0 aromatic carbocycles. The minimum atomic E-state index is 0.0124. The van der Waals surface area contributed by atoms with Gasteiger partial charge in [-0.15, -0.1) is 0 Å². The maximum absolute atomic E-state index is 9.63. The molecule has 0 bridgehead atoms. The highest BCUT2D eigenvalue weighted by Crippen LogP contribution is 2.30. The van der Waals surface area contributed by atoms with Crippen LogP contribution in [0.25, 0.3) is 0 Å². The van der Waals surface area contributed by atoms with Crippen molar-refractivity contribution < 1.29 is 5.11 Å². The maximum Gasteiger partial charge on any atom is 0.0596 e. The van der Waals surface area contributed by atoms with E-state index in [0.717, 1.165) is 38.0 Å². The number of aliphatic hydroxyl groups is 1. The van der Waals surface area contributed by atoms with Crippen LogP contribution in [0.1, 0.15) is 24.2 Å². The number of piperidine rings is 1. The third-order valence-corrected chi connectivity index (χ3v) is 3.55. The number of nitrogens with one attached hydrogen (secondary N) is 1. The second-order valence-electron chi connectivity index (χ2n) is 5.02. The second kappa shape index (κ2) is 4.55. The molecular formula is C12H21N3O. The van der Waals surface area contributed by atoms with Crippen LogP contribution in [0.4, 0.5) is 0 Å². The number of aliphatic hydroxyl groups excluding tert-OH is 1. The molecule has 0 spiro atoms. The molecule has 1 aliphatic heterocycles. The molecule has 1 aromatic rings. The normalized spacial score (nSPS) is 25.9. The SMILES string of the molecule is Cc1cc(CC2(CO)CCCNC2)n(C)n1. The first-order valence-corrected chi connectivity index (χ1v) is 5.96. The molecule has 2 heterocycles. The topological polar surface area (TPSA) is 50.1 Å². The Labute approximate surface area is 96.7 Å². The quantitative estimate of drug-likeness (QED) is 0.790. The van der Waals surface area contributed by atoms with Gasteiger partial charge in [0.05, 0.1) is 12.3 Å². The maximum atomic E-state index is 9.63. The molecule has 0 saturated carbocycles. The highest BCUT2D eigenvalue weighted by molar-refractivity contribution is 5.11. The molecule has 0 amide bonds. The molecular weight excluding hydrogens is 202 g/mol. The molecule has 0 radical (unpaired) electrons. The third-order valence-electron chi connectivity index (χ3n) is 3.55. The summed E-state index contributed by atoms with van der Waals surface area (Å²) in [6, 6.07) is 2.12. The van der Waals surface area contributed by atoms with Crippen LogP contribution in [0.15, 0.2) is 6.07 Å². The smallest absolute Gasteiger partial charge is 0.0596 e. The molecule has 1 saturated heterocycles. The van der Waals surface area contributed by atoms with E-state index in [4.69, 9.17) is 0 Å². The van der Waals surface area contributed by atoms with E-state index < -0.39 is 0 Å². The first kappa shape index (κ1) is 11.6. The van der Waals surface area contributed by atoms with Crippen molar-refractivity contribution >= 4 is 0 Å². The molecule has 1 aromatic heterocycles. The molecule has 4 nitrogen and oxygen atoms in total. The molecule has 4 heteroatoms. The first-order chi connectivity index (χ1) is 7.65. The van der Waals surface area contributed by atoms with Crippen LogP contribution >= 0.6 is 0 Å². The fraction of sp³-hybridized carbons (Fsp3) is 0.750. The van der Waals surface area contributed by atoms with Crippen molar-refractivity contribution in [3.63, 3.8) is 0 Å². The fourth-order valence-corrected chi connectivity index (χ4v) is 2.59. The lowest BCUT2D eigenvalue weighted by Crippen LogP contribution is -2.44. The summed E-state index contributed by atoms with van der Waals surface area (Å²) in [7, 11) is 1.98. The molecule has 1 aliphatic rings. The zero-order chi connectivity index (χ0) is 11.6. The molecule has 2 rings (SSSR count). The summed E-state index contributed by atoms with van der Waals surface area (Å²) in [6.07, 6.45) is 3.16. The van der Waals surface area contributed by atoms with Gasteiger partial charge in [0.25, 0.3) is 0 Å². The highest BCUT2D eigenvalue weighted by Gasteiger charge is 2.32. The van der Waals surface area contributed by atoms with E-state index in [1.165, 1.54) is 5.69 Å². The summed E-state index contributed by atoms with van der Waals surface area (Å²) < 4.78 is 1.93. The number of nitrogens with zero attached hydrogens (tertiary/aromatic N) is 2. The summed E-state index contributed by atoms with van der Waals surface area (Å²) >= 11 is 0. The Hall–Kier alpha value is -0.870. The van der Waals surface area contributed by atoms with Crippen LogP contribution in [0, 0.1) is 12.3 Å². The van der Waals surface area contributed by atoms with E-state index in [0.29, 0.717) is 0 Å². The van der Waals surface area contributed by atoms with Gasteiger partial charge in [-0.1, -0.05) is 0 Å². The van der Waals surface area contributed by atoms with Crippen molar-refractivity contribution in [2.75, 3.05) is 19.7 Å². The lowest BCUT2D eigenvalue weighted by molar-refractivity contribution is 0.0929. The summed E-state index contributed by atoms with van der Waals surface area (Å²) in [6.45, 7) is 4.25. The fourth-order valence-electron chi connectivity index (χ4n) is 2.59. The highest BCUT2D eigenvalue weighted by atomic mass is 16.3. The van der Waals surface area contributed by atoms with E-state index in [1.807, 2.05) is 18.7 Å². The van der Waals surface area contributed by atoms with Crippen LogP contribution in [0.3, 0.4) is 0 Å². The number of hydrogen-bond acceptors (Lipinski definition) is 3. The van der Waals surface area contributed by atoms with Gasteiger partial charge in [-0.3, -0.25) is 4.68 Å². The van der Waals surface area contributed by atoms with E-state index in [1.54, 1.807) is 0 Å². The van der Waals surface area contributed by atoms with Crippen LogP contribution in [0.2, 0.25) is 0 Å². The summed E-state index contributed by atoms with van der Waals surface area (Å²) in [5, 5.41) is 17.4. The molecule has 90 valence electrons. The van der Waals surface area contributed by atoms with Gasteiger partial charge < -0.3 is 10.4 Å². The zero-order valence-electron chi connectivity index (χ0n) is 10.2. The van der Waals surface area contributed by atoms with Crippen molar-refractivity contribution in [2.24, 2.45) is 12.5 Å². The van der Waals surface area contributed by atoms with Gasteiger partial charge in [0.15, 0.2) is 0 Å². The van der Waals surface area contributed by atoms with E-state index in [9.17, 15) is 5.11 Å². The van der Waals surface area contributed by atoms with E-state index >= 15 is 0 Å². The van der Waals surface area contributed by atoms with Gasteiger partial charge in [-0.2, -0.15) is 5.10 Å². The Kier molecular flexibility index (Phi) is 3.30. The largest absolute Gasteiger partial charge is 0.396 e. The van der Waals surface area contributed by atoms with Crippen molar-refractivity contribution in [1.29, 1.82) is 0 Å². The lowest BCUT2D eigenvalue weighted by atomic mass is 9.77. The van der Waals surface area contributed by atoms with Gasteiger partial charge in [0.1, 0.15) is 0 Å². The van der Waals surface area contributed by atoms with Crippen LogP contribution in [-0.2, 0) is 13.5 Å². The standard InChI is InChI=1S/C12H21N3O/c1-10-6-11(15(2)14-10)7-12(9-16)4-3-5-13-8-12/h6,13,16H,3-5,7-9H2,1-2H3. The Morgan fingerprint density at radius 1 is 1.62 bits per heavy atom. The first-order valence-electron chi connectivity index (χ1n) is 5.96. The minimum absolute atomic E-state index is 0.0124. The lowest BCUT2D eigenvalue weighted by Gasteiger charge is -2.36. The number of rotatable bonds is 3. The van der Waals surface area contributed by atoms with Gasteiger partial charge in [0.2, 0.25) is 0 Å².